The minimum absolute atomic E-state index is 0.0688. The average molecular weight is 246 g/mol. The summed E-state index contributed by atoms with van der Waals surface area (Å²) in [7, 11) is 0. The zero-order valence-electron chi connectivity index (χ0n) is 9.38. The van der Waals surface area contributed by atoms with Gasteiger partial charge in [0.15, 0.2) is 0 Å². The van der Waals surface area contributed by atoms with E-state index in [1.807, 2.05) is 13.8 Å². The molecule has 1 rings (SSSR count). The van der Waals surface area contributed by atoms with Gasteiger partial charge in [-0.2, -0.15) is 5.10 Å². The molecule has 1 heterocycles. The summed E-state index contributed by atoms with van der Waals surface area (Å²) in [5.74, 6) is 0. The number of aromatic amines is 1. The number of hydrogen-bond acceptors (Lipinski definition) is 4. The number of H-pyrrole nitrogens is 1. The maximum absolute atomic E-state index is 11.2. The van der Waals surface area contributed by atoms with Crippen LogP contribution in [-0.2, 0) is 0 Å². The summed E-state index contributed by atoms with van der Waals surface area (Å²) in [5.41, 5.74) is 0.0313. The van der Waals surface area contributed by atoms with Crippen molar-refractivity contribution in [3.63, 3.8) is 0 Å². The van der Waals surface area contributed by atoms with Gasteiger partial charge >= 0.3 is 0 Å². The molecule has 5 nitrogen and oxygen atoms in total. The Hall–Kier alpha value is -1.07. The van der Waals surface area contributed by atoms with Crippen LogP contribution in [0.25, 0.3) is 0 Å². The van der Waals surface area contributed by atoms with Gasteiger partial charge in [0.25, 0.3) is 5.56 Å². The van der Waals surface area contributed by atoms with Crippen molar-refractivity contribution < 1.29 is 5.11 Å². The third-order valence-corrected chi connectivity index (χ3v) is 2.72. The summed E-state index contributed by atoms with van der Waals surface area (Å²) in [6.45, 7) is 4.78. The lowest BCUT2D eigenvalue weighted by Crippen LogP contribution is -2.25. The molecule has 0 atom stereocenters. The molecule has 0 saturated heterocycles. The maximum Gasteiger partial charge on any atom is 0.285 e. The maximum atomic E-state index is 11.2. The Kier molecular flexibility index (Phi) is 4.32. The predicted octanol–water partition coefficient (Wildman–Crippen LogP) is 1.24. The van der Waals surface area contributed by atoms with Crippen molar-refractivity contribution in [1.29, 1.82) is 0 Å². The highest BCUT2D eigenvalue weighted by molar-refractivity contribution is 6.32. The number of hydrogen-bond donors (Lipinski definition) is 3. The highest BCUT2D eigenvalue weighted by atomic mass is 35.5. The van der Waals surface area contributed by atoms with Crippen LogP contribution in [0.3, 0.4) is 0 Å². The van der Waals surface area contributed by atoms with Crippen LogP contribution in [0.15, 0.2) is 11.0 Å². The fourth-order valence-corrected chi connectivity index (χ4v) is 1.39. The second-order valence-electron chi connectivity index (χ2n) is 4.42. The molecule has 0 radical (unpaired) electrons. The summed E-state index contributed by atoms with van der Waals surface area (Å²) in [5, 5.41) is 17.9. The zero-order chi connectivity index (χ0) is 12.2. The molecule has 0 fully saturated rings. The Bertz CT molecular complexity index is 403. The van der Waals surface area contributed by atoms with Crippen LogP contribution >= 0.6 is 11.6 Å². The average Bonchev–Trinajstić information content (AvgIpc) is 2.20. The van der Waals surface area contributed by atoms with Crippen molar-refractivity contribution in [1.82, 2.24) is 10.2 Å². The third-order valence-electron chi connectivity index (χ3n) is 2.34. The quantitative estimate of drug-likeness (QED) is 0.730. The summed E-state index contributed by atoms with van der Waals surface area (Å²) in [4.78, 5) is 11.2. The molecule has 0 saturated carbocycles. The van der Waals surface area contributed by atoms with E-state index in [0.29, 0.717) is 18.7 Å². The van der Waals surface area contributed by atoms with E-state index < -0.39 is 5.56 Å². The van der Waals surface area contributed by atoms with Gasteiger partial charge in [0, 0.05) is 13.2 Å². The molecule has 0 aliphatic carbocycles. The lowest BCUT2D eigenvalue weighted by atomic mass is 9.90. The molecule has 3 N–H and O–H groups in total. The van der Waals surface area contributed by atoms with Crippen molar-refractivity contribution in [2.75, 3.05) is 18.5 Å². The van der Waals surface area contributed by atoms with Crippen LogP contribution in [-0.4, -0.2) is 28.5 Å². The van der Waals surface area contributed by atoms with Crippen molar-refractivity contribution in [2.24, 2.45) is 5.41 Å². The van der Waals surface area contributed by atoms with Gasteiger partial charge in [-0.1, -0.05) is 25.4 Å². The summed E-state index contributed by atoms with van der Waals surface area (Å²) in [6.07, 6.45) is 2.15. The van der Waals surface area contributed by atoms with Crippen molar-refractivity contribution in [3.05, 3.63) is 21.6 Å². The lowest BCUT2D eigenvalue weighted by Gasteiger charge is -2.24. The number of rotatable bonds is 5. The van der Waals surface area contributed by atoms with Crippen LogP contribution in [0.4, 0.5) is 5.69 Å². The molecule has 0 aliphatic rings. The second-order valence-corrected chi connectivity index (χ2v) is 4.80. The van der Waals surface area contributed by atoms with Gasteiger partial charge in [0.05, 0.1) is 11.9 Å². The van der Waals surface area contributed by atoms with Crippen LogP contribution < -0.4 is 10.9 Å². The first-order valence-corrected chi connectivity index (χ1v) is 5.42. The summed E-state index contributed by atoms with van der Waals surface area (Å²) >= 11 is 5.80. The number of halogens is 1. The second kappa shape index (κ2) is 5.32. The number of anilines is 1. The highest BCUT2D eigenvalue weighted by Crippen LogP contribution is 2.22. The van der Waals surface area contributed by atoms with Gasteiger partial charge in [-0.3, -0.25) is 4.79 Å². The molecule has 1 aromatic rings. The van der Waals surface area contributed by atoms with E-state index in [9.17, 15) is 4.79 Å². The Labute approximate surface area is 98.8 Å². The van der Waals surface area contributed by atoms with Crippen LogP contribution in [0, 0.1) is 5.41 Å². The summed E-state index contributed by atoms with van der Waals surface area (Å²) in [6, 6.07) is 0. The van der Waals surface area contributed by atoms with Crippen LogP contribution in [0.2, 0.25) is 5.02 Å². The fraction of sp³-hybridized carbons (Fsp3) is 0.600. The van der Waals surface area contributed by atoms with Gasteiger partial charge in [-0.05, 0) is 11.8 Å². The molecule has 0 bridgehead atoms. The number of aliphatic hydroxyl groups excluding tert-OH is 1. The number of aromatic nitrogens is 2. The highest BCUT2D eigenvalue weighted by Gasteiger charge is 2.17. The molecule has 0 spiro atoms. The Morgan fingerprint density at radius 2 is 2.31 bits per heavy atom. The van der Waals surface area contributed by atoms with Gasteiger partial charge in [0.1, 0.15) is 5.02 Å². The van der Waals surface area contributed by atoms with Gasteiger partial charge < -0.3 is 10.4 Å². The largest absolute Gasteiger partial charge is 0.396 e. The van der Waals surface area contributed by atoms with Crippen molar-refractivity contribution in [3.8, 4) is 0 Å². The number of nitrogens with one attached hydrogen (secondary N) is 2. The molecule has 90 valence electrons. The summed E-state index contributed by atoms with van der Waals surface area (Å²) < 4.78 is 0. The normalized spacial score (nSPS) is 11.5. The fourth-order valence-electron chi connectivity index (χ4n) is 1.23. The van der Waals surface area contributed by atoms with Gasteiger partial charge in [-0.25, -0.2) is 5.10 Å². The molecule has 0 amide bonds. The third kappa shape index (κ3) is 3.50. The standard InChI is InChI=1S/C10H16ClN3O2/c1-10(2,3-4-15)6-12-7-5-13-14-9(16)8(7)11/h5,15H,3-4,6H2,1-2H3,(H2,12,14,16). The van der Waals surface area contributed by atoms with E-state index in [2.05, 4.69) is 15.5 Å². The first-order valence-electron chi connectivity index (χ1n) is 5.04. The van der Waals surface area contributed by atoms with Gasteiger partial charge in [0.2, 0.25) is 0 Å². The van der Waals surface area contributed by atoms with Crippen molar-refractivity contribution >= 4 is 17.3 Å². The molecular weight excluding hydrogens is 230 g/mol. The van der Waals surface area contributed by atoms with E-state index in [1.54, 1.807) is 0 Å². The van der Waals surface area contributed by atoms with E-state index in [1.165, 1.54) is 6.20 Å². The minimum atomic E-state index is -0.411. The zero-order valence-corrected chi connectivity index (χ0v) is 10.1. The molecule has 16 heavy (non-hydrogen) atoms. The molecule has 0 aromatic carbocycles. The van der Waals surface area contributed by atoms with Crippen LogP contribution in [0.5, 0.6) is 0 Å². The molecule has 1 aromatic heterocycles. The molecule has 6 heteroatoms. The van der Waals surface area contributed by atoms with Crippen molar-refractivity contribution in [2.45, 2.75) is 20.3 Å². The molecule has 0 aliphatic heterocycles. The van der Waals surface area contributed by atoms with E-state index in [4.69, 9.17) is 16.7 Å². The predicted molar refractivity (Wildman–Crippen MR) is 63.8 cm³/mol. The first-order chi connectivity index (χ1) is 7.46. The Morgan fingerprint density at radius 3 is 2.94 bits per heavy atom. The van der Waals surface area contributed by atoms with E-state index in [0.717, 1.165) is 0 Å². The monoisotopic (exact) mass is 245 g/mol. The number of aliphatic hydroxyl groups is 1. The van der Waals surface area contributed by atoms with Gasteiger partial charge in [-0.15, -0.1) is 0 Å². The SMILES string of the molecule is CC(C)(CCO)CNc1cn[nH]c(=O)c1Cl. The first kappa shape index (κ1) is 13.0. The topological polar surface area (TPSA) is 78.0 Å². The molecule has 0 unspecified atom stereocenters. The number of nitrogens with zero attached hydrogens (tertiary/aromatic N) is 1. The Morgan fingerprint density at radius 1 is 1.62 bits per heavy atom. The Balaban J connectivity index is 2.68. The minimum Gasteiger partial charge on any atom is -0.396 e. The van der Waals surface area contributed by atoms with E-state index >= 15 is 0 Å². The van der Waals surface area contributed by atoms with E-state index in [-0.39, 0.29) is 17.0 Å². The lowest BCUT2D eigenvalue weighted by molar-refractivity contribution is 0.220. The van der Waals surface area contributed by atoms with Crippen LogP contribution in [0.1, 0.15) is 20.3 Å². The smallest absolute Gasteiger partial charge is 0.285 e. The molecular formula is C10H16ClN3O2.